The van der Waals surface area contributed by atoms with Crippen molar-refractivity contribution in [1.29, 1.82) is 0 Å². The SMILES string of the molecule is CCCCCCCCCCCC(=O)OCCOCCOC(=O)CCCCCCCCCCC.O=S(=O)([O-])[O-].[Na+].[Na+]. The molecule has 40 heavy (non-hydrogen) atoms. The first kappa shape index (κ1) is 47.7. The van der Waals surface area contributed by atoms with Gasteiger partial charge < -0.3 is 23.3 Å². The Labute approximate surface area is 289 Å². The molecule has 0 aliphatic carbocycles. The summed E-state index contributed by atoms with van der Waals surface area (Å²) in [6.45, 7) is 5.70. The number of unbranched alkanes of at least 4 members (excludes halogenated alkanes) is 16. The summed E-state index contributed by atoms with van der Waals surface area (Å²) in [5.41, 5.74) is 0. The van der Waals surface area contributed by atoms with E-state index in [0.29, 0.717) is 26.1 Å². The molecule has 0 aliphatic heterocycles. The van der Waals surface area contributed by atoms with Crippen LogP contribution in [0, 0.1) is 0 Å². The molecule has 0 aromatic rings. The number of rotatable bonds is 26. The van der Waals surface area contributed by atoms with Crippen LogP contribution in [0.25, 0.3) is 0 Å². The third-order valence-electron chi connectivity index (χ3n) is 5.95. The zero-order chi connectivity index (χ0) is 28.7. The Morgan fingerprint density at radius 1 is 0.500 bits per heavy atom. The summed E-state index contributed by atoms with van der Waals surface area (Å²) in [5.74, 6) is -0.289. The first-order valence-corrected chi connectivity index (χ1v) is 16.1. The van der Waals surface area contributed by atoms with Gasteiger partial charge in [-0.2, -0.15) is 0 Å². The average Bonchev–Trinajstić information content (AvgIpc) is 2.85. The molecule has 0 bridgehead atoms. The third-order valence-corrected chi connectivity index (χ3v) is 5.95. The van der Waals surface area contributed by atoms with Crippen molar-refractivity contribution in [3.05, 3.63) is 0 Å². The maximum atomic E-state index is 11.7. The molecule has 0 unspecified atom stereocenters. The molecule has 0 fully saturated rings. The smallest absolute Gasteiger partial charge is 0.759 e. The molecule has 0 amide bonds. The second-order valence-corrected chi connectivity index (χ2v) is 10.4. The first-order valence-electron chi connectivity index (χ1n) is 14.8. The Bertz CT molecular complexity index is 589. The van der Waals surface area contributed by atoms with E-state index in [0.717, 1.165) is 25.7 Å². The summed E-state index contributed by atoms with van der Waals surface area (Å²) < 4.78 is 49.8. The van der Waals surface area contributed by atoms with Crippen LogP contribution in [0.15, 0.2) is 0 Å². The monoisotopic (exact) mass is 612 g/mol. The molecular weight excluding hydrogens is 558 g/mol. The largest absolute Gasteiger partial charge is 1.00 e. The minimum absolute atomic E-state index is 0. The van der Waals surface area contributed by atoms with Crippen LogP contribution in [-0.4, -0.2) is 55.9 Å². The van der Waals surface area contributed by atoms with Gasteiger partial charge in [-0.1, -0.05) is 117 Å². The molecule has 0 heterocycles. The number of carbonyl (C=O) groups excluding carboxylic acids is 2. The summed E-state index contributed by atoms with van der Waals surface area (Å²) in [6.07, 6.45) is 23.3. The van der Waals surface area contributed by atoms with Crippen LogP contribution in [0.3, 0.4) is 0 Å². The first-order chi connectivity index (χ1) is 18.2. The van der Waals surface area contributed by atoms with E-state index in [1.54, 1.807) is 0 Å². The fourth-order valence-corrected chi connectivity index (χ4v) is 3.84. The summed E-state index contributed by atoms with van der Waals surface area (Å²) in [5, 5.41) is 0. The molecule has 0 saturated heterocycles. The predicted molar refractivity (Wildman–Crippen MR) is 147 cm³/mol. The summed E-state index contributed by atoms with van der Waals surface area (Å²) >= 11 is 0. The van der Waals surface area contributed by atoms with Crippen LogP contribution in [0.4, 0.5) is 0 Å². The van der Waals surface area contributed by atoms with Gasteiger partial charge >= 0.3 is 71.1 Å². The second-order valence-electron chi connectivity index (χ2n) is 9.62. The van der Waals surface area contributed by atoms with Gasteiger partial charge in [0.2, 0.25) is 0 Å². The van der Waals surface area contributed by atoms with E-state index in [-0.39, 0.29) is 84.3 Å². The summed E-state index contributed by atoms with van der Waals surface area (Å²) in [7, 11) is -5.17. The van der Waals surface area contributed by atoms with Crippen LogP contribution < -0.4 is 59.1 Å². The Hall–Kier alpha value is 0.770. The quantitative estimate of drug-likeness (QED) is 0.0451. The van der Waals surface area contributed by atoms with Gasteiger partial charge in [0, 0.05) is 23.2 Å². The van der Waals surface area contributed by atoms with Crippen molar-refractivity contribution in [2.24, 2.45) is 0 Å². The molecule has 0 saturated carbocycles. The van der Waals surface area contributed by atoms with Crippen molar-refractivity contribution >= 4 is 22.3 Å². The normalized spacial score (nSPS) is 10.5. The van der Waals surface area contributed by atoms with E-state index in [9.17, 15) is 9.59 Å². The van der Waals surface area contributed by atoms with Crippen molar-refractivity contribution in [1.82, 2.24) is 0 Å². The van der Waals surface area contributed by atoms with Crippen LogP contribution >= 0.6 is 0 Å². The van der Waals surface area contributed by atoms with E-state index in [1.165, 1.54) is 89.9 Å². The van der Waals surface area contributed by atoms with Gasteiger partial charge in [-0.25, -0.2) is 0 Å². The van der Waals surface area contributed by atoms with Gasteiger partial charge in [0.05, 0.1) is 13.2 Å². The van der Waals surface area contributed by atoms with E-state index in [4.69, 9.17) is 31.7 Å². The van der Waals surface area contributed by atoms with Crippen LogP contribution in [0.5, 0.6) is 0 Å². The van der Waals surface area contributed by atoms with E-state index in [2.05, 4.69) is 13.8 Å². The maximum absolute atomic E-state index is 11.7. The molecule has 0 aliphatic rings. The molecule has 12 heteroatoms. The zero-order valence-electron chi connectivity index (χ0n) is 26.1. The fraction of sp³-hybridized carbons (Fsp3) is 0.929. The summed E-state index contributed by atoms with van der Waals surface area (Å²) in [4.78, 5) is 23.4. The van der Waals surface area contributed by atoms with Crippen molar-refractivity contribution in [2.75, 3.05) is 26.4 Å². The number of esters is 2. The number of ether oxygens (including phenoxy) is 3. The molecule has 228 valence electrons. The Morgan fingerprint density at radius 3 is 1.02 bits per heavy atom. The standard InChI is InChI=1S/C28H54O5.2Na.H2O4S/c1-3-5-7-9-11-13-15-17-19-21-27(29)32-25-23-31-24-26-33-28(30)22-20-18-16-14-12-10-8-6-4-2;;;1-5(2,3)4/h3-26H2,1-2H3;;;(H2,1,2,3,4)/q;2*+1;/p-2. The van der Waals surface area contributed by atoms with Crippen molar-refractivity contribution < 1.29 is 100 Å². The molecule has 0 rings (SSSR count). The fourth-order valence-electron chi connectivity index (χ4n) is 3.84. The number of hydrogen-bond acceptors (Lipinski definition) is 9. The third kappa shape index (κ3) is 51.5. The molecule has 0 aromatic heterocycles. The van der Waals surface area contributed by atoms with Gasteiger partial charge in [-0.15, -0.1) is 0 Å². The van der Waals surface area contributed by atoms with Gasteiger partial charge in [0.25, 0.3) is 0 Å². The molecule has 0 aromatic carbocycles. The molecule has 0 radical (unpaired) electrons. The Kier molecular flexibility index (Phi) is 45.1. The van der Waals surface area contributed by atoms with Crippen LogP contribution in [0.2, 0.25) is 0 Å². The van der Waals surface area contributed by atoms with Crippen molar-refractivity contribution in [2.45, 2.75) is 142 Å². The van der Waals surface area contributed by atoms with Gasteiger partial charge in [-0.05, 0) is 12.8 Å². The van der Waals surface area contributed by atoms with Crippen molar-refractivity contribution in [3.8, 4) is 0 Å². The minimum atomic E-state index is -5.17. The molecule has 0 N–H and O–H groups in total. The molecule has 9 nitrogen and oxygen atoms in total. The number of hydrogen-bond donors (Lipinski definition) is 0. The summed E-state index contributed by atoms with van der Waals surface area (Å²) in [6, 6.07) is 0. The van der Waals surface area contributed by atoms with Gasteiger partial charge in [0.15, 0.2) is 0 Å². The van der Waals surface area contributed by atoms with E-state index in [1.807, 2.05) is 0 Å². The Morgan fingerprint density at radius 2 is 0.750 bits per heavy atom. The van der Waals surface area contributed by atoms with Crippen molar-refractivity contribution in [3.63, 3.8) is 0 Å². The average molecular weight is 613 g/mol. The molecular formula is C28H54Na2O9S. The maximum Gasteiger partial charge on any atom is 1.00 e. The van der Waals surface area contributed by atoms with Crippen LogP contribution in [0.1, 0.15) is 142 Å². The second kappa shape index (κ2) is 37.8. The predicted octanol–water partition coefficient (Wildman–Crippen LogP) is 0.601. The van der Waals surface area contributed by atoms with E-state index < -0.39 is 10.4 Å². The minimum Gasteiger partial charge on any atom is -0.759 e. The van der Waals surface area contributed by atoms with Gasteiger partial charge in [0.1, 0.15) is 13.2 Å². The van der Waals surface area contributed by atoms with Crippen LogP contribution in [-0.2, 0) is 34.2 Å². The zero-order valence-corrected chi connectivity index (χ0v) is 30.9. The van der Waals surface area contributed by atoms with E-state index >= 15 is 0 Å². The number of carbonyl (C=O) groups is 2. The van der Waals surface area contributed by atoms with Gasteiger partial charge in [-0.3, -0.25) is 18.0 Å². The Balaban J connectivity index is -0.000000843. The molecule has 0 spiro atoms. The topological polar surface area (TPSA) is 142 Å². The molecule has 0 atom stereocenters.